The van der Waals surface area contributed by atoms with E-state index < -0.39 is 7.12 Å². The van der Waals surface area contributed by atoms with Gasteiger partial charge in [0.25, 0.3) is 0 Å². The Kier molecular flexibility index (Phi) is 3.51. The summed E-state index contributed by atoms with van der Waals surface area (Å²) < 4.78 is 0. The highest BCUT2D eigenvalue weighted by atomic mass is 16.4. The maximum absolute atomic E-state index is 9.17. The van der Waals surface area contributed by atoms with Gasteiger partial charge in [0.2, 0.25) is 0 Å². The van der Waals surface area contributed by atoms with Crippen molar-refractivity contribution in [2.24, 2.45) is 0 Å². The van der Waals surface area contributed by atoms with Crippen LogP contribution in [0, 0.1) is 6.92 Å². The van der Waals surface area contributed by atoms with E-state index in [1.54, 1.807) is 6.07 Å². The molecule has 2 N–H and O–H groups in total. The van der Waals surface area contributed by atoms with E-state index in [0.29, 0.717) is 5.46 Å². The number of benzene rings is 1. The van der Waals surface area contributed by atoms with Crippen LogP contribution in [0.25, 0.3) is 0 Å². The average Bonchev–Trinajstić information content (AvgIpc) is 2.30. The Balaban J connectivity index is 2.27. The number of anilines is 1. The summed E-state index contributed by atoms with van der Waals surface area (Å²) in [7, 11) is -1.37. The lowest BCUT2D eigenvalue weighted by atomic mass is 9.79. The third-order valence-corrected chi connectivity index (χ3v) is 3.23. The van der Waals surface area contributed by atoms with Gasteiger partial charge in [0.15, 0.2) is 0 Å². The van der Waals surface area contributed by atoms with Crippen LogP contribution in [-0.4, -0.2) is 30.3 Å². The molecule has 1 aromatic rings. The second-order valence-electron chi connectivity index (χ2n) is 4.47. The molecule has 0 aliphatic carbocycles. The lowest BCUT2D eigenvalue weighted by molar-refractivity contribution is 0.426. The zero-order valence-electron chi connectivity index (χ0n) is 9.69. The summed E-state index contributed by atoms with van der Waals surface area (Å²) >= 11 is 0. The molecule has 1 heterocycles. The highest BCUT2D eigenvalue weighted by Gasteiger charge is 2.17. The first-order valence-corrected chi connectivity index (χ1v) is 5.90. The Morgan fingerprint density at radius 3 is 2.44 bits per heavy atom. The van der Waals surface area contributed by atoms with Gasteiger partial charge in [-0.1, -0.05) is 12.1 Å². The fraction of sp³-hybridized carbons (Fsp3) is 0.500. The molecule has 16 heavy (non-hydrogen) atoms. The van der Waals surface area contributed by atoms with Crippen LogP contribution in [0.2, 0.25) is 0 Å². The summed E-state index contributed by atoms with van der Waals surface area (Å²) in [5, 5.41) is 18.3. The average molecular weight is 219 g/mol. The molecule has 86 valence electrons. The summed E-state index contributed by atoms with van der Waals surface area (Å²) in [4.78, 5) is 2.34. The third-order valence-electron chi connectivity index (χ3n) is 3.23. The number of hydrogen-bond acceptors (Lipinski definition) is 3. The number of rotatable bonds is 2. The lowest BCUT2D eigenvalue weighted by Crippen LogP contribution is -2.34. The van der Waals surface area contributed by atoms with E-state index in [1.807, 2.05) is 12.1 Å². The first-order valence-electron chi connectivity index (χ1n) is 5.90. The van der Waals surface area contributed by atoms with Gasteiger partial charge in [-0.05, 0) is 43.3 Å². The molecule has 0 spiro atoms. The molecule has 0 unspecified atom stereocenters. The van der Waals surface area contributed by atoms with Gasteiger partial charge in [0.05, 0.1) is 0 Å². The molecule has 0 radical (unpaired) electrons. The Hall–Kier alpha value is -0.995. The zero-order chi connectivity index (χ0) is 11.5. The smallest absolute Gasteiger partial charge is 0.423 e. The third kappa shape index (κ3) is 2.39. The van der Waals surface area contributed by atoms with Gasteiger partial charge in [-0.2, -0.15) is 0 Å². The molecule has 1 fully saturated rings. The quantitative estimate of drug-likeness (QED) is 0.718. The normalized spacial score (nSPS) is 16.3. The Morgan fingerprint density at radius 2 is 1.81 bits per heavy atom. The summed E-state index contributed by atoms with van der Waals surface area (Å²) in [5.74, 6) is 0. The summed E-state index contributed by atoms with van der Waals surface area (Å²) in [5.41, 5.74) is 2.92. The largest absolute Gasteiger partial charge is 0.488 e. The van der Waals surface area contributed by atoms with E-state index in [4.69, 9.17) is 0 Å². The highest BCUT2D eigenvalue weighted by Crippen LogP contribution is 2.22. The molecule has 0 saturated carbocycles. The van der Waals surface area contributed by atoms with Crippen LogP contribution in [0.3, 0.4) is 0 Å². The molecule has 1 aliphatic heterocycles. The molecule has 4 heteroatoms. The summed E-state index contributed by atoms with van der Waals surface area (Å²) in [6.07, 6.45) is 3.76. The van der Waals surface area contributed by atoms with Gasteiger partial charge >= 0.3 is 7.12 Å². The fourth-order valence-corrected chi connectivity index (χ4v) is 2.26. The minimum atomic E-state index is -1.37. The van der Waals surface area contributed by atoms with Crippen LogP contribution in [0.1, 0.15) is 24.8 Å². The molecule has 1 aliphatic rings. The maximum atomic E-state index is 9.17. The van der Waals surface area contributed by atoms with Crippen LogP contribution < -0.4 is 10.4 Å². The minimum absolute atomic E-state index is 0.575. The molecule has 0 amide bonds. The van der Waals surface area contributed by atoms with Crippen molar-refractivity contribution in [2.75, 3.05) is 18.0 Å². The topological polar surface area (TPSA) is 43.7 Å². The van der Waals surface area contributed by atoms with Gasteiger partial charge in [-0.3, -0.25) is 0 Å². The van der Waals surface area contributed by atoms with Crippen molar-refractivity contribution in [3.05, 3.63) is 23.8 Å². The molecular weight excluding hydrogens is 201 g/mol. The Morgan fingerprint density at radius 1 is 1.12 bits per heavy atom. The van der Waals surface area contributed by atoms with Crippen molar-refractivity contribution in [3.8, 4) is 0 Å². The van der Waals surface area contributed by atoms with Crippen LogP contribution >= 0.6 is 0 Å². The summed E-state index contributed by atoms with van der Waals surface area (Å²) in [6.45, 7) is 4.22. The second-order valence-corrected chi connectivity index (χ2v) is 4.47. The molecular formula is C12H18BNO2. The van der Waals surface area contributed by atoms with E-state index in [0.717, 1.165) is 18.8 Å². The fourth-order valence-electron chi connectivity index (χ4n) is 2.26. The minimum Gasteiger partial charge on any atom is -0.423 e. The number of hydrogen-bond donors (Lipinski definition) is 2. The van der Waals surface area contributed by atoms with E-state index in [9.17, 15) is 10.0 Å². The second kappa shape index (κ2) is 4.89. The highest BCUT2D eigenvalue weighted by molar-refractivity contribution is 6.58. The molecule has 0 bridgehead atoms. The predicted octanol–water partition coefficient (Wildman–Crippen LogP) is 0.665. The van der Waals surface area contributed by atoms with E-state index in [1.165, 1.54) is 24.8 Å². The standard InChI is InChI=1S/C12H18BNO2/c1-10-5-6-11(13(15)16)9-12(10)14-7-3-2-4-8-14/h5-6,9,15-16H,2-4,7-8H2,1H3. The van der Waals surface area contributed by atoms with Gasteiger partial charge in [0.1, 0.15) is 0 Å². The Labute approximate surface area is 96.9 Å². The molecule has 1 aromatic carbocycles. The van der Waals surface area contributed by atoms with Crippen molar-refractivity contribution in [1.29, 1.82) is 0 Å². The zero-order valence-corrected chi connectivity index (χ0v) is 9.69. The summed E-state index contributed by atoms with van der Waals surface area (Å²) in [6, 6.07) is 5.62. The SMILES string of the molecule is Cc1ccc(B(O)O)cc1N1CCCCC1. The van der Waals surface area contributed by atoms with Crippen molar-refractivity contribution >= 4 is 18.3 Å². The molecule has 3 nitrogen and oxygen atoms in total. The maximum Gasteiger partial charge on any atom is 0.488 e. The first kappa shape index (κ1) is 11.5. The predicted molar refractivity (Wildman–Crippen MR) is 67.1 cm³/mol. The monoisotopic (exact) mass is 219 g/mol. The molecule has 1 saturated heterocycles. The first-order chi connectivity index (χ1) is 7.68. The number of aryl methyl sites for hydroxylation is 1. The van der Waals surface area contributed by atoms with Crippen LogP contribution in [0.15, 0.2) is 18.2 Å². The van der Waals surface area contributed by atoms with Crippen molar-refractivity contribution in [1.82, 2.24) is 0 Å². The van der Waals surface area contributed by atoms with Gasteiger partial charge in [0, 0.05) is 18.8 Å². The van der Waals surface area contributed by atoms with E-state index in [-0.39, 0.29) is 0 Å². The van der Waals surface area contributed by atoms with Gasteiger partial charge in [-0.25, -0.2) is 0 Å². The van der Waals surface area contributed by atoms with Crippen LogP contribution in [0.4, 0.5) is 5.69 Å². The van der Waals surface area contributed by atoms with Crippen molar-refractivity contribution < 1.29 is 10.0 Å². The van der Waals surface area contributed by atoms with Gasteiger partial charge in [-0.15, -0.1) is 0 Å². The van der Waals surface area contributed by atoms with Crippen LogP contribution in [-0.2, 0) is 0 Å². The molecule has 0 aromatic heterocycles. The number of nitrogens with zero attached hydrogens (tertiary/aromatic N) is 1. The van der Waals surface area contributed by atoms with E-state index in [2.05, 4.69) is 11.8 Å². The number of piperidine rings is 1. The van der Waals surface area contributed by atoms with Crippen LogP contribution in [0.5, 0.6) is 0 Å². The van der Waals surface area contributed by atoms with Crippen molar-refractivity contribution in [3.63, 3.8) is 0 Å². The van der Waals surface area contributed by atoms with E-state index >= 15 is 0 Å². The van der Waals surface area contributed by atoms with Crippen molar-refractivity contribution in [2.45, 2.75) is 26.2 Å². The van der Waals surface area contributed by atoms with Gasteiger partial charge < -0.3 is 14.9 Å². The Bertz CT molecular complexity index is 362. The lowest BCUT2D eigenvalue weighted by Gasteiger charge is -2.30. The molecule has 0 atom stereocenters. The molecule has 2 rings (SSSR count).